The zero-order chi connectivity index (χ0) is 19.2. The van der Waals surface area contributed by atoms with Crippen molar-refractivity contribution in [1.29, 1.82) is 0 Å². The molecular weight excluding hydrogens is 352 g/mol. The summed E-state index contributed by atoms with van der Waals surface area (Å²) < 4.78 is 29.2. The van der Waals surface area contributed by atoms with E-state index in [1.165, 1.54) is 6.26 Å². The fraction of sp³-hybridized carbons (Fsp3) is 0.684. The second-order valence-corrected chi connectivity index (χ2v) is 9.16. The highest BCUT2D eigenvalue weighted by molar-refractivity contribution is 7.89. The Labute approximate surface area is 157 Å². The molecule has 1 heterocycles. The first-order valence-electron chi connectivity index (χ1n) is 9.41. The molecule has 2 rings (SSSR count). The van der Waals surface area contributed by atoms with Gasteiger partial charge in [-0.25, -0.2) is 8.42 Å². The van der Waals surface area contributed by atoms with Crippen molar-refractivity contribution >= 4 is 15.5 Å². The molecule has 1 atom stereocenters. The van der Waals surface area contributed by atoms with Crippen molar-refractivity contribution < 1.29 is 18.3 Å². The van der Waals surface area contributed by atoms with Gasteiger partial charge >= 0.3 is 0 Å². The van der Waals surface area contributed by atoms with Crippen LogP contribution >= 0.6 is 0 Å². The van der Waals surface area contributed by atoms with Gasteiger partial charge in [0.25, 0.3) is 0 Å². The summed E-state index contributed by atoms with van der Waals surface area (Å²) in [5.74, 6) is 0.651. The molecule has 1 N–H and O–H groups in total. The van der Waals surface area contributed by atoms with Crippen LogP contribution in [-0.4, -0.2) is 70.1 Å². The summed E-state index contributed by atoms with van der Waals surface area (Å²) in [4.78, 5) is 4.41. The fourth-order valence-electron chi connectivity index (χ4n) is 3.30. The van der Waals surface area contributed by atoms with E-state index in [0.29, 0.717) is 17.9 Å². The normalized spacial score (nSPS) is 16.3. The summed E-state index contributed by atoms with van der Waals surface area (Å²) in [7, 11) is -3.10. The number of rotatable bonds is 10. The van der Waals surface area contributed by atoms with Gasteiger partial charge < -0.3 is 19.6 Å². The number of aliphatic hydroxyl groups excluding tert-OH is 1. The maximum Gasteiger partial charge on any atom is 0.151 e. The Morgan fingerprint density at radius 3 is 2.46 bits per heavy atom. The Bertz CT molecular complexity index is 668. The number of benzene rings is 1. The number of hydrogen-bond acceptors (Lipinski definition) is 6. The lowest BCUT2D eigenvalue weighted by Gasteiger charge is -2.25. The van der Waals surface area contributed by atoms with Crippen LogP contribution < -0.4 is 9.64 Å². The van der Waals surface area contributed by atoms with E-state index in [1.54, 1.807) is 6.07 Å². The maximum absolute atomic E-state index is 11.6. The molecule has 148 valence electrons. The smallest absolute Gasteiger partial charge is 0.151 e. The van der Waals surface area contributed by atoms with Crippen LogP contribution in [0.4, 0.5) is 5.69 Å². The third-order valence-corrected chi connectivity index (χ3v) is 5.55. The number of ether oxygens (including phenoxy) is 1. The summed E-state index contributed by atoms with van der Waals surface area (Å²) >= 11 is 0. The first-order valence-corrected chi connectivity index (χ1v) is 11.5. The third kappa shape index (κ3) is 6.45. The third-order valence-electron chi connectivity index (χ3n) is 4.69. The Morgan fingerprint density at radius 1 is 1.23 bits per heavy atom. The summed E-state index contributed by atoms with van der Waals surface area (Å²) in [5.41, 5.74) is 1.69. The number of sulfone groups is 1. The lowest BCUT2D eigenvalue weighted by molar-refractivity contribution is 0.0718. The van der Waals surface area contributed by atoms with Crippen molar-refractivity contribution in [3.63, 3.8) is 0 Å². The van der Waals surface area contributed by atoms with Crippen LogP contribution in [0.1, 0.15) is 32.3 Å². The molecule has 6 nitrogen and oxygen atoms in total. The minimum atomic E-state index is -3.10. The van der Waals surface area contributed by atoms with Gasteiger partial charge in [0.15, 0.2) is 9.84 Å². The van der Waals surface area contributed by atoms with E-state index in [9.17, 15) is 13.5 Å². The zero-order valence-corrected chi connectivity index (χ0v) is 17.0. The van der Waals surface area contributed by atoms with E-state index in [1.807, 2.05) is 12.1 Å². The minimum absolute atomic E-state index is 0.00829. The second-order valence-electron chi connectivity index (χ2n) is 7.02. The molecule has 0 saturated carbocycles. The van der Waals surface area contributed by atoms with Crippen molar-refractivity contribution in [1.82, 2.24) is 4.90 Å². The van der Waals surface area contributed by atoms with E-state index >= 15 is 0 Å². The number of likely N-dealkylation sites (N-methyl/N-ethyl adjacent to an activating group) is 1. The summed E-state index contributed by atoms with van der Waals surface area (Å²) in [5, 5.41) is 10.3. The van der Waals surface area contributed by atoms with Gasteiger partial charge in [0, 0.05) is 25.9 Å². The molecule has 1 aliphatic heterocycles. The van der Waals surface area contributed by atoms with Crippen molar-refractivity contribution in [2.75, 3.05) is 50.5 Å². The first kappa shape index (κ1) is 21.0. The Balaban J connectivity index is 2.12. The molecule has 1 aromatic rings. The van der Waals surface area contributed by atoms with Crippen LogP contribution in [-0.2, 0) is 15.6 Å². The Kier molecular flexibility index (Phi) is 7.73. The lowest BCUT2D eigenvalue weighted by Crippen LogP contribution is -2.35. The highest BCUT2D eigenvalue weighted by atomic mass is 32.2. The van der Waals surface area contributed by atoms with Gasteiger partial charge in [-0.3, -0.25) is 0 Å². The van der Waals surface area contributed by atoms with Gasteiger partial charge in [0.2, 0.25) is 0 Å². The predicted molar refractivity (Wildman–Crippen MR) is 106 cm³/mol. The average Bonchev–Trinajstić information content (AvgIpc) is 3.11. The largest absolute Gasteiger partial charge is 0.489 e. The summed E-state index contributed by atoms with van der Waals surface area (Å²) in [6.07, 6.45) is 2.94. The second kappa shape index (κ2) is 9.58. The van der Waals surface area contributed by atoms with Gasteiger partial charge in [-0.2, -0.15) is 0 Å². The molecule has 0 radical (unpaired) electrons. The number of nitrogens with zero attached hydrogens (tertiary/aromatic N) is 2. The van der Waals surface area contributed by atoms with Crippen LogP contribution in [0.5, 0.6) is 5.75 Å². The lowest BCUT2D eigenvalue weighted by atomic mass is 10.2. The van der Waals surface area contributed by atoms with Crippen LogP contribution in [0.3, 0.4) is 0 Å². The van der Waals surface area contributed by atoms with E-state index in [0.717, 1.165) is 44.7 Å². The highest BCUT2D eigenvalue weighted by Gasteiger charge is 2.19. The SMILES string of the molecule is CCN(CC)CC(O)COc1cc(CS(C)(=O)=O)ccc1N1CCCC1. The standard InChI is InChI=1S/C19H32N2O4S/c1-4-20(5-2)13-17(22)14-25-19-12-16(15-26(3,23)24)8-9-18(19)21-10-6-7-11-21/h8-9,12,17,22H,4-7,10-11,13-15H2,1-3H3. The van der Waals surface area contributed by atoms with E-state index < -0.39 is 15.9 Å². The van der Waals surface area contributed by atoms with Gasteiger partial charge in [-0.05, 0) is 43.6 Å². The van der Waals surface area contributed by atoms with Gasteiger partial charge in [-0.1, -0.05) is 19.9 Å². The van der Waals surface area contributed by atoms with Gasteiger partial charge in [0.05, 0.1) is 11.4 Å². The molecule has 7 heteroatoms. The molecule has 0 spiro atoms. The van der Waals surface area contributed by atoms with Crippen molar-refractivity contribution in [3.8, 4) is 5.75 Å². The number of hydrogen-bond donors (Lipinski definition) is 1. The summed E-state index contributed by atoms with van der Waals surface area (Å²) in [6.45, 7) is 8.61. The predicted octanol–water partition coefficient (Wildman–Crippen LogP) is 1.91. The topological polar surface area (TPSA) is 70.1 Å². The van der Waals surface area contributed by atoms with Crippen LogP contribution in [0, 0.1) is 0 Å². The summed E-state index contributed by atoms with van der Waals surface area (Å²) in [6, 6.07) is 5.60. The van der Waals surface area contributed by atoms with Gasteiger partial charge in [-0.15, -0.1) is 0 Å². The molecule has 1 fully saturated rings. The molecule has 0 aliphatic carbocycles. The average molecular weight is 385 g/mol. The first-order chi connectivity index (χ1) is 12.3. The molecular formula is C19H32N2O4S. The quantitative estimate of drug-likeness (QED) is 0.665. The fourth-order valence-corrected chi connectivity index (χ4v) is 4.09. The molecule has 0 aromatic heterocycles. The van der Waals surface area contributed by atoms with E-state index in [4.69, 9.17) is 4.74 Å². The molecule has 0 bridgehead atoms. The van der Waals surface area contributed by atoms with Crippen molar-refractivity contribution in [2.45, 2.75) is 38.5 Å². The molecule has 1 unspecified atom stereocenters. The number of anilines is 1. The number of aliphatic hydroxyl groups is 1. The molecule has 1 aromatic carbocycles. The van der Waals surface area contributed by atoms with Crippen molar-refractivity contribution in [3.05, 3.63) is 23.8 Å². The molecule has 26 heavy (non-hydrogen) atoms. The van der Waals surface area contributed by atoms with E-state index in [-0.39, 0.29) is 12.4 Å². The van der Waals surface area contributed by atoms with Crippen molar-refractivity contribution in [2.24, 2.45) is 0 Å². The maximum atomic E-state index is 11.6. The zero-order valence-electron chi connectivity index (χ0n) is 16.1. The molecule has 1 saturated heterocycles. The molecule has 0 amide bonds. The molecule has 1 aliphatic rings. The highest BCUT2D eigenvalue weighted by Crippen LogP contribution is 2.32. The Hall–Kier alpha value is -1.31. The van der Waals surface area contributed by atoms with Crippen LogP contribution in [0.25, 0.3) is 0 Å². The van der Waals surface area contributed by atoms with Crippen LogP contribution in [0.15, 0.2) is 18.2 Å². The van der Waals surface area contributed by atoms with E-state index in [2.05, 4.69) is 23.6 Å². The van der Waals surface area contributed by atoms with Gasteiger partial charge in [0.1, 0.15) is 18.5 Å². The Morgan fingerprint density at radius 2 is 1.88 bits per heavy atom. The minimum Gasteiger partial charge on any atom is -0.489 e. The monoisotopic (exact) mass is 384 g/mol. The van der Waals surface area contributed by atoms with Crippen LogP contribution in [0.2, 0.25) is 0 Å².